The lowest BCUT2D eigenvalue weighted by Gasteiger charge is -2.05. The second-order valence-corrected chi connectivity index (χ2v) is 3.88. The highest BCUT2D eigenvalue weighted by Crippen LogP contribution is 2.12. The van der Waals surface area contributed by atoms with Gasteiger partial charge in [0.25, 0.3) is 5.91 Å². The van der Waals surface area contributed by atoms with Gasteiger partial charge in [-0.1, -0.05) is 0 Å². The van der Waals surface area contributed by atoms with Gasteiger partial charge in [-0.3, -0.25) is 4.79 Å². The summed E-state index contributed by atoms with van der Waals surface area (Å²) in [7, 11) is 1.53. The highest BCUT2D eigenvalue weighted by Gasteiger charge is 2.08. The van der Waals surface area contributed by atoms with Crippen LogP contribution in [0.25, 0.3) is 0 Å². The molecule has 1 amide bonds. The first-order chi connectivity index (χ1) is 9.72. The maximum Gasteiger partial charge on any atom is 0.276 e. The van der Waals surface area contributed by atoms with Crippen LogP contribution in [0.5, 0.6) is 5.88 Å². The summed E-state index contributed by atoms with van der Waals surface area (Å²) in [5.74, 6) is 0.778. The first-order valence-electron chi connectivity index (χ1n) is 6.12. The number of methoxy groups -OCH3 is 1. The number of carbonyl (C=O) groups excluding carboxylic acids is 1. The lowest BCUT2D eigenvalue weighted by atomic mass is 10.3. The molecule has 0 spiro atoms. The van der Waals surface area contributed by atoms with Crippen LogP contribution < -0.4 is 15.4 Å². The average molecular weight is 273 g/mol. The second-order valence-electron chi connectivity index (χ2n) is 3.88. The third kappa shape index (κ3) is 3.41. The standard InChI is InChI=1S/C13H15N5O2/c1-3-14-11-6-5-10(17-18-11)13(19)16-9-4-7-12(20-2)15-8-9/h4-8H,3H2,1-2H3,(H,14,18)(H,16,19). The number of aromatic nitrogens is 3. The molecule has 0 saturated heterocycles. The maximum atomic E-state index is 11.9. The van der Waals surface area contributed by atoms with Crippen molar-refractivity contribution in [3.8, 4) is 5.88 Å². The number of pyridine rings is 1. The molecular formula is C13H15N5O2. The average Bonchev–Trinajstić information content (AvgIpc) is 2.49. The number of anilines is 2. The molecule has 0 aliphatic carbocycles. The van der Waals surface area contributed by atoms with Crippen LogP contribution in [-0.4, -0.2) is 34.7 Å². The molecule has 0 saturated carbocycles. The van der Waals surface area contributed by atoms with E-state index >= 15 is 0 Å². The lowest BCUT2D eigenvalue weighted by Crippen LogP contribution is -2.15. The van der Waals surface area contributed by atoms with Crippen LogP contribution in [0.3, 0.4) is 0 Å². The summed E-state index contributed by atoms with van der Waals surface area (Å²) < 4.78 is 4.94. The molecule has 0 fully saturated rings. The van der Waals surface area contributed by atoms with E-state index in [-0.39, 0.29) is 11.6 Å². The summed E-state index contributed by atoms with van der Waals surface area (Å²) in [4.78, 5) is 15.9. The van der Waals surface area contributed by atoms with Gasteiger partial charge in [0.15, 0.2) is 5.69 Å². The smallest absolute Gasteiger partial charge is 0.276 e. The Balaban J connectivity index is 2.03. The molecule has 0 aromatic carbocycles. The molecule has 0 atom stereocenters. The third-order valence-corrected chi connectivity index (χ3v) is 2.46. The zero-order valence-corrected chi connectivity index (χ0v) is 11.3. The highest BCUT2D eigenvalue weighted by atomic mass is 16.5. The van der Waals surface area contributed by atoms with E-state index in [1.54, 1.807) is 24.3 Å². The van der Waals surface area contributed by atoms with Crippen molar-refractivity contribution in [2.75, 3.05) is 24.3 Å². The van der Waals surface area contributed by atoms with Crippen LogP contribution in [0.2, 0.25) is 0 Å². The summed E-state index contributed by atoms with van der Waals surface area (Å²) in [5.41, 5.74) is 0.802. The van der Waals surface area contributed by atoms with E-state index in [1.807, 2.05) is 6.92 Å². The molecule has 0 aliphatic heterocycles. The van der Waals surface area contributed by atoms with Gasteiger partial charge in [0.2, 0.25) is 5.88 Å². The first-order valence-corrected chi connectivity index (χ1v) is 6.12. The Morgan fingerprint density at radius 1 is 1.25 bits per heavy atom. The summed E-state index contributed by atoms with van der Waals surface area (Å²) in [6, 6.07) is 6.68. The summed E-state index contributed by atoms with van der Waals surface area (Å²) in [6.45, 7) is 2.71. The van der Waals surface area contributed by atoms with Crippen LogP contribution in [0.15, 0.2) is 30.5 Å². The molecule has 2 heterocycles. The van der Waals surface area contributed by atoms with Gasteiger partial charge in [0, 0.05) is 12.6 Å². The predicted molar refractivity (Wildman–Crippen MR) is 74.9 cm³/mol. The van der Waals surface area contributed by atoms with Crippen LogP contribution in [0.4, 0.5) is 11.5 Å². The van der Waals surface area contributed by atoms with E-state index in [1.165, 1.54) is 13.3 Å². The fourth-order valence-corrected chi connectivity index (χ4v) is 1.50. The summed E-state index contributed by atoms with van der Waals surface area (Å²) >= 11 is 0. The molecule has 2 aromatic heterocycles. The normalized spacial score (nSPS) is 9.90. The molecule has 7 heteroatoms. The van der Waals surface area contributed by atoms with Crippen LogP contribution >= 0.6 is 0 Å². The van der Waals surface area contributed by atoms with Crippen molar-refractivity contribution in [3.05, 3.63) is 36.2 Å². The van der Waals surface area contributed by atoms with Crippen LogP contribution in [-0.2, 0) is 0 Å². The number of amides is 1. The van der Waals surface area contributed by atoms with Crippen molar-refractivity contribution in [1.82, 2.24) is 15.2 Å². The van der Waals surface area contributed by atoms with E-state index in [2.05, 4.69) is 25.8 Å². The van der Waals surface area contributed by atoms with Crippen LogP contribution in [0, 0.1) is 0 Å². The van der Waals surface area contributed by atoms with Crippen molar-refractivity contribution in [1.29, 1.82) is 0 Å². The monoisotopic (exact) mass is 273 g/mol. The largest absolute Gasteiger partial charge is 0.481 e. The molecule has 2 aromatic rings. The Kier molecular flexibility index (Phi) is 4.43. The van der Waals surface area contributed by atoms with Crippen LogP contribution in [0.1, 0.15) is 17.4 Å². The molecule has 2 rings (SSSR count). The Labute approximate surface area is 116 Å². The summed E-state index contributed by atoms with van der Waals surface area (Å²) in [6.07, 6.45) is 1.51. The van der Waals surface area contributed by atoms with Crippen molar-refractivity contribution in [3.63, 3.8) is 0 Å². The van der Waals surface area contributed by atoms with Crippen molar-refractivity contribution in [2.45, 2.75) is 6.92 Å². The second kappa shape index (κ2) is 6.46. The molecule has 20 heavy (non-hydrogen) atoms. The first kappa shape index (κ1) is 13.7. The number of nitrogens with one attached hydrogen (secondary N) is 2. The topological polar surface area (TPSA) is 89.0 Å². The van der Waals surface area contributed by atoms with Crippen molar-refractivity contribution in [2.24, 2.45) is 0 Å². The quantitative estimate of drug-likeness (QED) is 0.859. The van der Waals surface area contributed by atoms with Gasteiger partial charge in [-0.15, -0.1) is 10.2 Å². The molecule has 2 N–H and O–H groups in total. The van der Waals surface area contributed by atoms with Gasteiger partial charge in [-0.2, -0.15) is 0 Å². The number of rotatable bonds is 5. The molecule has 0 unspecified atom stereocenters. The predicted octanol–water partition coefficient (Wildman–Crippen LogP) is 1.56. The Bertz CT molecular complexity index is 568. The highest BCUT2D eigenvalue weighted by molar-refractivity contribution is 6.02. The van der Waals surface area contributed by atoms with Gasteiger partial charge in [0.05, 0.1) is 19.0 Å². The Hall–Kier alpha value is -2.70. The minimum atomic E-state index is -0.340. The lowest BCUT2D eigenvalue weighted by molar-refractivity contribution is 0.102. The molecule has 0 bridgehead atoms. The fraction of sp³-hybridized carbons (Fsp3) is 0.231. The number of hydrogen-bond acceptors (Lipinski definition) is 6. The Morgan fingerprint density at radius 2 is 2.10 bits per heavy atom. The minimum Gasteiger partial charge on any atom is -0.481 e. The van der Waals surface area contributed by atoms with Crippen molar-refractivity contribution < 1.29 is 9.53 Å². The summed E-state index contributed by atoms with van der Waals surface area (Å²) in [5, 5.41) is 13.4. The molecule has 104 valence electrons. The van der Waals surface area contributed by atoms with Gasteiger partial charge in [0.1, 0.15) is 5.82 Å². The molecular weight excluding hydrogens is 258 g/mol. The third-order valence-electron chi connectivity index (χ3n) is 2.46. The van der Waals surface area contributed by atoms with Crippen molar-refractivity contribution >= 4 is 17.4 Å². The van der Waals surface area contributed by atoms with E-state index < -0.39 is 0 Å². The number of hydrogen-bond donors (Lipinski definition) is 2. The van der Waals surface area contributed by atoms with E-state index in [4.69, 9.17) is 4.74 Å². The molecule has 7 nitrogen and oxygen atoms in total. The number of carbonyl (C=O) groups is 1. The van der Waals surface area contributed by atoms with Gasteiger partial charge < -0.3 is 15.4 Å². The molecule has 0 radical (unpaired) electrons. The number of ether oxygens (including phenoxy) is 1. The van der Waals surface area contributed by atoms with E-state index in [9.17, 15) is 4.79 Å². The van der Waals surface area contributed by atoms with E-state index in [0.29, 0.717) is 17.4 Å². The fourth-order valence-electron chi connectivity index (χ4n) is 1.50. The minimum absolute atomic E-state index is 0.238. The SMILES string of the molecule is CCNc1ccc(C(=O)Nc2ccc(OC)nc2)nn1. The molecule has 0 aliphatic rings. The van der Waals surface area contributed by atoms with E-state index in [0.717, 1.165) is 6.54 Å². The van der Waals surface area contributed by atoms with Gasteiger partial charge >= 0.3 is 0 Å². The maximum absolute atomic E-state index is 11.9. The Morgan fingerprint density at radius 3 is 2.65 bits per heavy atom. The zero-order valence-electron chi connectivity index (χ0n) is 11.3. The van der Waals surface area contributed by atoms with Gasteiger partial charge in [-0.25, -0.2) is 4.98 Å². The zero-order chi connectivity index (χ0) is 14.4. The number of nitrogens with zero attached hydrogens (tertiary/aromatic N) is 3. The van der Waals surface area contributed by atoms with Gasteiger partial charge in [-0.05, 0) is 25.1 Å².